The highest BCUT2D eigenvalue weighted by Crippen LogP contribution is 2.11. The molecule has 19 heavy (non-hydrogen) atoms. The molecule has 0 saturated heterocycles. The Morgan fingerprint density at radius 2 is 2.11 bits per heavy atom. The van der Waals surface area contributed by atoms with Crippen molar-refractivity contribution in [2.75, 3.05) is 6.61 Å². The highest BCUT2D eigenvalue weighted by Gasteiger charge is 2.02. The van der Waals surface area contributed by atoms with Crippen molar-refractivity contribution in [2.24, 2.45) is 0 Å². The van der Waals surface area contributed by atoms with Crippen molar-refractivity contribution >= 4 is 5.91 Å². The molecule has 0 aliphatic rings. The lowest BCUT2D eigenvalue weighted by atomic mass is 10.3. The third-order valence-corrected chi connectivity index (χ3v) is 2.45. The van der Waals surface area contributed by atoms with Crippen LogP contribution in [0.15, 0.2) is 36.5 Å². The molecule has 1 amide bonds. The molecular weight excluding hydrogens is 249 g/mol. The molecule has 2 N–H and O–H groups in total. The highest BCUT2D eigenvalue weighted by atomic mass is 19.1. The second kappa shape index (κ2) is 6.53. The molecule has 0 bridgehead atoms. The topological polar surface area (TPSA) is 67.0 Å². The molecule has 1 heterocycles. The number of H-pyrrole nitrogens is 1. The summed E-state index contributed by atoms with van der Waals surface area (Å²) in [5, 5.41) is 9.26. The van der Waals surface area contributed by atoms with Crippen molar-refractivity contribution in [3.8, 4) is 5.75 Å². The van der Waals surface area contributed by atoms with Crippen LogP contribution in [-0.2, 0) is 11.3 Å². The fourth-order valence-electron chi connectivity index (χ4n) is 1.46. The van der Waals surface area contributed by atoms with Gasteiger partial charge in [0.15, 0.2) is 0 Å². The Balaban J connectivity index is 1.65. The summed E-state index contributed by atoms with van der Waals surface area (Å²) in [6.45, 7) is 0.663. The van der Waals surface area contributed by atoms with E-state index in [0.29, 0.717) is 12.3 Å². The molecule has 0 radical (unpaired) electrons. The van der Waals surface area contributed by atoms with Crippen LogP contribution in [0, 0.1) is 5.82 Å². The van der Waals surface area contributed by atoms with Gasteiger partial charge in [-0.2, -0.15) is 5.10 Å². The lowest BCUT2D eigenvalue weighted by Crippen LogP contribution is -2.24. The van der Waals surface area contributed by atoms with Gasteiger partial charge in [-0.15, -0.1) is 0 Å². The Hall–Kier alpha value is -2.37. The molecular formula is C13H14FN3O2. The molecule has 100 valence electrons. The summed E-state index contributed by atoms with van der Waals surface area (Å²) >= 11 is 0. The molecule has 1 aromatic carbocycles. The van der Waals surface area contributed by atoms with E-state index in [9.17, 15) is 9.18 Å². The normalized spacial score (nSPS) is 10.2. The third kappa shape index (κ3) is 4.42. The number of carbonyl (C=O) groups excluding carboxylic acids is 1. The number of benzene rings is 1. The molecule has 2 rings (SSSR count). The minimum absolute atomic E-state index is 0.114. The Morgan fingerprint density at radius 1 is 1.32 bits per heavy atom. The SMILES string of the molecule is O=C(CCOc1ccc(F)cc1)NCc1ccn[nH]1. The summed E-state index contributed by atoms with van der Waals surface area (Å²) in [5.41, 5.74) is 0.841. The summed E-state index contributed by atoms with van der Waals surface area (Å²) in [7, 11) is 0. The van der Waals surface area contributed by atoms with E-state index in [2.05, 4.69) is 15.5 Å². The van der Waals surface area contributed by atoms with E-state index >= 15 is 0 Å². The number of rotatable bonds is 6. The van der Waals surface area contributed by atoms with Crippen LogP contribution in [-0.4, -0.2) is 22.7 Å². The van der Waals surface area contributed by atoms with Crippen LogP contribution in [0.2, 0.25) is 0 Å². The molecule has 2 aromatic rings. The van der Waals surface area contributed by atoms with Crippen LogP contribution < -0.4 is 10.1 Å². The second-order valence-corrected chi connectivity index (χ2v) is 3.91. The van der Waals surface area contributed by atoms with Gasteiger partial charge in [-0.25, -0.2) is 4.39 Å². The zero-order chi connectivity index (χ0) is 13.5. The van der Waals surface area contributed by atoms with Crippen LogP contribution in [0.4, 0.5) is 4.39 Å². The summed E-state index contributed by atoms with van der Waals surface area (Å²) < 4.78 is 18.0. The maximum absolute atomic E-state index is 12.6. The number of hydrogen-bond donors (Lipinski definition) is 2. The number of amides is 1. The molecule has 0 aliphatic heterocycles. The van der Waals surface area contributed by atoms with E-state index in [4.69, 9.17) is 4.74 Å². The van der Waals surface area contributed by atoms with E-state index in [1.807, 2.05) is 0 Å². The van der Waals surface area contributed by atoms with Gasteiger partial charge in [0.05, 0.1) is 25.3 Å². The standard InChI is InChI=1S/C13H14FN3O2/c14-10-1-3-12(4-2-10)19-8-6-13(18)15-9-11-5-7-16-17-11/h1-5,7H,6,8-9H2,(H,15,18)(H,16,17). The van der Waals surface area contributed by atoms with Crippen LogP contribution >= 0.6 is 0 Å². The number of hydrogen-bond acceptors (Lipinski definition) is 3. The van der Waals surface area contributed by atoms with Gasteiger partial charge >= 0.3 is 0 Å². The van der Waals surface area contributed by atoms with E-state index < -0.39 is 0 Å². The van der Waals surface area contributed by atoms with Gasteiger partial charge in [-0.1, -0.05) is 0 Å². The fourth-order valence-corrected chi connectivity index (χ4v) is 1.46. The van der Waals surface area contributed by atoms with E-state index in [0.717, 1.165) is 5.69 Å². The number of halogens is 1. The van der Waals surface area contributed by atoms with E-state index in [1.165, 1.54) is 24.3 Å². The molecule has 0 aliphatic carbocycles. The number of nitrogens with one attached hydrogen (secondary N) is 2. The van der Waals surface area contributed by atoms with Crippen molar-refractivity contribution < 1.29 is 13.9 Å². The maximum atomic E-state index is 12.6. The summed E-state index contributed by atoms with van der Waals surface area (Å²) in [6, 6.07) is 7.46. The maximum Gasteiger partial charge on any atom is 0.223 e. The van der Waals surface area contributed by atoms with Crippen molar-refractivity contribution in [3.05, 3.63) is 48.0 Å². The monoisotopic (exact) mass is 263 g/mol. The van der Waals surface area contributed by atoms with Gasteiger partial charge in [0.2, 0.25) is 5.91 Å². The van der Waals surface area contributed by atoms with E-state index in [1.54, 1.807) is 12.3 Å². The van der Waals surface area contributed by atoms with Gasteiger partial charge in [0.25, 0.3) is 0 Å². The summed E-state index contributed by atoms with van der Waals surface area (Å²) in [6.07, 6.45) is 1.87. The Morgan fingerprint density at radius 3 is 2.79 bits per heavy atom. The zero-order valence-corrected chi connectivity index (χ0v) is 10.2. The van der Waals surface area contributed by atoms with Gasteiger partial charge in [0.1, 0.15) is 11.6 Å². The number of aromatic amines is 1. The van der Waals surface area contributed by atoms with Crippen molar-refractivity contribution in [1.29, 1.82) is 0 Å². The lowest BCUT2D eigenvalue weighted by molar-refractivity contribution is -0.121. The zero-order valence-electron chi connectivity index (χ0n) is 10.2. The highest BCUT2D eigenvalue weighted by molar-refractivity contribution is 5.75. The number of carbonyl (C=O) groups is 1. The first-order valence-corrected chi connectivity index (χ1v) is 5.87. The van der Waals surface area contributed by atoms with Crippen molar-refractivity contribution in [1.82, 2.24) is 15.5 Å². The van der Waals surface area contributed by atoms with Gasteiger partial charge in [0, 0.05) is 6.20 Å². The van der Waals surface area contributed by atoms with Crippen LogP contribution in [0.1, 0.15) is 12.1 Å². The minimum Gasteiger partial charge on any atom is -0.493 e. The third-order valence-electron chi connectivity index (χ3n) is 2.45. The average Bonchev–Trinajstić information content (AvgIpc) is 2.92. The molecule has 0 fully saturated rings. The number of aromatic nitrogens is 2. The molecule has 0 unspecified atom stereocenters. The summed E-state index contributed by atoms with van der Waals surface area (Å²) in [5.74, 6) is 0.115. The first-order valence-electron chi connectivity index (χ1n) is 5.87. The van der Waals surface area contributed by atoms with Gasteiger partial charge in [-0.3, -0.25) is 9.89 Å². The minimum atomic E-state index is -0.315. The first kappa shape index (κ1) is 13.1. The van der Waals surface area contributed by atoms with Crippen molar-refractivity contribution in [3.63, 3.8) is 0 Å². The predicted octanol–water partition coefficient (Wildman–Crippen LogP) is 1.63. The van der Waals surface area contributed by atoms with Crippen LogP contribution in [0.3, 0.4) is 0 Å². The Bertz CT molecular complexity index is 511. The van der Waals surface area contributed by atoms with Gasteiger partial charge < -0.3 is 10.1 Å². The van der Waals surface area contributed by atoms with Gasteiger partial charge in [-0.05, 0) is 30.3 Å². The molecule has 5 nitrogen and oxygen atoms in total. The number of nitrogens with zero attached hydrogens (tertiary/aromatic N) is 1. The molecule has 6 heteroatoms. The average molecular weight is 263 g/mol. The second-order valence-electron chi connectivity index (χ2n) is 3.91. The predicted molar refractivity (Wildman–Crippen MR) is 66.9 cm³/mol. The van der Waals surface area contributed by atoms with Crippen molar-refractivity contribution in [2.45, 2.75) is 13.0 Å². The van der Waals surface area contributed by atoms with Crippen LogP contribution in [0.5, 0.6) is 5.75 Å². The molecule has 0 spiro atoms. The van der Waals surface area contributed by atoms with Crippen LogP contribution in [0.25, 0.3) is 0 Å². The summed E-state index contributed by atoms with van der Waals surface area (Å²) in [4.78, 5) is 11.5. The molecule has 0 atom stereocenters. The Kier molecular flexibility index (Phi) is 4.49. The number of ether oxygens (including phenoxy) is 1. The molecule has 1 aromatic heterocycles. The smallest absolute Gasteiger partial charge is 0.223 e. The lowest BCUT2D eigenvalue weighted by Gasteiger charge is -2.06. The quantitative estimate of drug-likeness (QED) is 0.832. The Labute approximate surface area is 109 Å². The van der Waals surface area contributed by atoms with E-state index in [-0.39, 0.29) is 24.8 Å². The fraction of sp³-hybridized carbons (Fsp3) is 0.231. The molecule has 0 saturated carbocycles. The first-order chi connectivity index (χ1) is 9.24. The largest absolute Gasteiger partial charge is 0.493 e.